The molecule has 0 aromatic rings. The van der Waals surface area contributed by atoms with Crippen LogP contribution in [0.15, 0.2) is 12.2 Å². The summed E-state index contributed by atoms with van der Waals surface area (Å²) in [6, 6.07) is -0.0649. The quantitative estimate of drug-likeness (QED) is 0.550. The number of fused-ring (bicyclic) bond motifs is 5. The maximum absolute atomic E-state index is 11.2. The molecule has 2 fully saturated rings. The minimum Gasteiger partial charge on any atom is -0.368 e. The number of nitrogens with two attached hydrogens (primary N) is 1. The average molecular weight is 178 g/mol. The Morgan fingerprint density at radius 2 is 2.15 bits per heavy atom. The number of carbonyl (C=O) groups excluding carboxylic acids is 1. The summed E-state index contributed by atoms with van der Waals surface area (Å²) in [5, 5.41) is 3.24. The van der Waals surface area contributed by atoms with Gasteiger partial charge in [-0.25, -0.2) is 0 Å². The van der Waals surface area contributed by atoms with Gasteiger partial charge in [0.05, 0.1) is 6.04 Å². The van der Waals surface area contributed by atoms with E-state index in [0.29, 0.717) is 23.7 Å². The van der Waals surface area contributed by atoms with Crippen LogP contribution in [0.5, 0.6) is 0 Å². The number of amides is 1. The number of rotatable bonds is 1. The van der Waals surface area contributed by atoms with Crippen LogP contribution in [0.3, 0.4) is 0 Å². The summed E-state index contributed by atoms with van der Waals surface area (Å²) in [7, 11) is 0. The number of nitrogens with one attached hydrogen (secondary N) is 1. The molecule has 2 aliphatic carbocycles. The van der Waals surface area contributed by atoms with Gasteiger partial charge in [0.1, 0.15) is 0 Å². The van der Waals surface area contributed by atoms with E-state index in [9.17, 15) is 4.79 Å². The number of hydrogen-bond donors (Lipinski definition) is 2. The monoisotopic (exact) mass is 178 g/mol. The molecule has 3 nitrogen and oxygen atoms in total. The smallest absolute Gasteiger partial charge is 0.234 e. The van der Waals surface area contributed by atoms with Crippen LogP contribution in [0.2, 0.25) is 0 Å². The van der Waals surface area contributed by atoms with Gasteiger partial charge in [0.25, 0.3) is 0 Å². The summed E-state index contributed by atoms with van der Waals surface area (Å²) >= 11 is 0. The lowest BCUT2D eigenvalue weighted by atomic mass is 9.82. The van der Waals surface area contributed by atoms with Crippen LogP contribution in [-0.2, 0) is 4.79 Å². The highest BCUT2D eigenvalue weighted by molar-refractivity contribution is 5.81. The standard InChI is InChI=1S/C10H14N2O/c11-10(13)9-8-6-2-1-5(3-6)7(8)4-12-9/h1-2,5-9,12H,3-4H2,(H2,11,13). The van der Waals surface area contributed by atoms with E-state index in [1.807, 2.05) is 0 Å². The van der Waals surface area contributed by atoms with Gasteiger partial charge in [-0.05, 0) is 36.6 Å². The van der Waals surface area contributed by atoms with Gasteiger partial charge < -0.3 is 11.1 Å². The predicted molar refractivity (Wildman–Crippen MR) is 48.7 cm³/mol. The van der Waals surface area contributed by atoms with Crippen molar-refractivity contribution >= 4 is 5.91 Å². The molecule has 3 N–H and O–H groups in total. The summed E-state index contributed by atoms with van der Waals surface area (Å²) in [5.41, 5.74) is 5.36. The zero-order valence-corrected chi connectivity index (χ0v) is 7.44. The lowest BCUT2D eigenvalue weighted by molar-refractivity contribution is -0.120. The molecule has 3 heteroatoms. The molecule has 70 valence electrons. The van der Waals surface area contributed by atoms with Crippen molar-refractivity contribution in [3.8, 4) is 0 Å². The number of primary amides is 1. The molecule has 1 aliphatic heterocycles. The Kier molecular flexibility index (Phi) is 1.37. The zero-order chi connectivity index (χ0) is 9.00. The van der Waals surface area contributed by atoms with Crippen LogP contribution in [0.1, 0.15) is 6.42 Å². The van der Waals surface area contributed by atoms with Crippen molar-refractivity contribution < 1.29 is 4.79 Å². The van der Waals surface area contributed by atoms with E-state index in [-0.39, 0.29) is 11.9 Å². The summed E-state index contributed by atoms with van der Waals surface area (Å²) in [5.74, 6) is 2.32. The fourth-order valence-electron chi connectivity index (χ4n) is 3.43. The number of hydrogen-bond acceptors (Lipinski definition) is 2. The first-order valence-electron chi connectivity index (χ1n) is 4.98. The fraction of sp³-hybridized carbons (Fsp3) is 0.700. The number of allylic oxidation sites excluding steroid dienone is 2. The van der Waals surface area contributed by atoms with Gasteiger partial charge in [0.15, 0.2) is 0 Å². The molecular formula is C10H14N2O. The summed E-state index contributed by atoms with van der Waals surface area (Å²) in [4.78, 5) is 11.2. The fourth-order valence-corrected chi connectivity index (χ4v) is 3.43. The summed E-state index contributed by atoms with van der Waals surface area (Å²) in [6.07, 6.45) is 5.84. The molecule has 5 atom stereocenters. The highest BCUT2D eigenvalue weighted by atomic mass is 16.1. The summed E-state index contributed by atoms with van der Waals surface area (Å²) in [6.45, 7) is 0.976. The van der Waals surface area contributed by atoms with Crippen LogP contribution in [0.4, 0.5) is 0 Å². The third kappa shape index (κ3) is 0.854. The van der Waals surface area contributed by atoms with Gasteiger partial charge >= 0.3 is 0 Å². The van der Waals surface area contributed by atoms with E-state index in [2.05, 4.69) is 17.5 Å². The first-order chi connectivity index (χ1) is 6.27. The van der Waals surface area contributed by atoms with Gasteiger partial charge in [0.2, 0.25) is 5.91 Å². The molecule has 3 rings (SSSR count). The molecule has 1 saturated heterocycles. The Labute approximate surface area is 77.4 Å². The maximum atomic E-state index is 11.2. The SMILES string of the molecule is NC(=O)C1NCC2C3C=CC(C3)C12. The van der Waals surface area contributed by atoms with E-state index < -0.39 is 0 Å². The molecule has 1 saturated carbocycles. The molecule has 1 amide bonds. The van der Waals surface area contributed by atoms with E-state index >= 15 is 0 Å². The first kappa shape index (κ1) is 7.56. The molecule has 5 unspecified atom stereocenters. The lowest BCUT2D eigenvalue weighted by Crippen LogP contribution is -2.42. The molecule has 3 aliphatic rings. The Morgan fingerprint density at radius 1 is 1.38 bits per heavy atom. The first-order valence-corrected chi connectivity index (χ1v) is 4.98. The summed E-state index contributed by atoms with van der Waals surface area (Å²) < 4.78 is 0. The zero-order valence-electron chi connectivity index (χ0n) is 7.44. The van der Waals surface area contributed by atoms with Crippen molar-refractivity contribution in [3.05, 3.63) is 12.2 Å². The maximum Gasteiger partial charge on any atom is 0.234 e. The van der Waals surface area contributed by atoms with E-state index in [0.717, 1.165) is 6.54 Å². The third-order valence-electron chi connectivity index (χ3n) is 3.95. The highest BCUT2D eigenvalue weighted by Crippen LogP contribution is 2.51. The second kappa shape index (κ2) is 2.35. The minimum absolute atomic E-state index is 0.0649. The molecule has 13 heavy (non-hydrogen) atoms. The average Bonchev–Trinajstić information content (AvgIpc) is 2.76. The van der Waals surface area contributed by atoms with Gasteiger partial charge in [-0.2, -0.15) is 0 Å². The van der Waals surface area contributed by atoms with Crippen molar-refractivity contribution in [1.82, 2.24) is 5.32 Å². The Bertz CT molecular complexity index is 287. The third-order valence-corrected chi connectivity index (χ3v) is 3.95. The normalized spacial score (nSPS) is 51.2. The second-order valence-electron chi connectivity index (χ2n) is 4.48. The van der Waals surface area contributed by atoms with Crippen molar-refractivity contribution in [2.24, 2.45) is 29.4 Å². The number of carbonyl (C=O) groups is 1. The lowest BCUT2D eigenvalue weighted by Gasteiger charge is -2.22. The molecular weight excluding hydrogens is 164 g/mol. The van der Waals surface area contributed by atoms with E-state index in [1.54, 1.807) is 0 Å². The predicted octanol–water partition coefficient (Wildman–Crippen LogP) is -0.118. The van der Waals surface area contributed by atoms with E-state index in [4.69, 9.17) is 5.73 Å². The largest absolute Gasteiger partial charge is 0.368 e. The molecule has 2 bridgehead atoms. The van der Waals surface area contributed by atoms with E-state index in [1.165, 1.54) is 6.42 Å². The van der Waals surface area contributed by atoms with Gasteiger partial charge in [-0.3, -0.25) is 4.79 Å². The van der Waals surface area contributed by atoms with Gasteiger partial charge in [-0.15, -0.1) is 0 Å². The van der Waals surface area contributed by atoms with Crippen LogP contribution < -0.4 is 11.1 Å². The van der Waals surface area contributed by atoms with Gasteiger partial charge in [0, 0.05) is 0 Å². The molecule has 1 heterocycles. The van der Waals surface area contributed by atoms with Crippen LogP contribution in [0.25, 0.3) is 0 Å². The Balaban J connectivity index is 1.92. The minimum atomic E-state index is -0.173. The van der Waals surface area contributed by atoms with Crippen LogP contribution in [-0.4, -0.2) is 18.5 Å². The van der Waals surface area contributed by atoms with Crippen molar-refractivity contribution in [3.63, 3.8) is 0 Å². The highest BCUT2D eigenvalue weighted by Gasteiger charge is 2.52. The molecule has 0 spiro atoms. The topological polar surface area (TPSA) is 55.1 Å². The Hall–Kier alpha value is -0.830. The van der Waals surface area contributed by atoms with Crippen LogP contribution in [0, 0.1) is 23.7 Å². The van der Waals surface area contributed by atoms with Crippen molar-refractivity contribution in [2.75, 3.05) is 6.54 Å². The van der Waals surface area contributed by atoms with Gasteiger partial charge in [-0.1, -0.05) is 12.2 Å². The molecule has 0 radical (unpaired) electrons. The Morgan fingerprint density at radius 3 is 2.92 bits per heavy atom. The van der Waals surface area contributed by atoms with Crippen molar-refractivity contribution in [2.45, 2.75) is 12.5 Å². The molecule has 0 aromatic heterocycles. The molecule has 0 aromatic carbocycles. The van der Waals surface area contributed by atoms with Crippen molar-refractivity contribution in [1.29, 1.82) is 0 Å². The second-order valence-corrected chi connectivity index (χ2v) is 4.48. The van der Waals surface area contributed by atoms with Crippen LogP contribution >= 0.6 is 0 Å².